The Hall–Kier alpha value is -0.980. The van der Waals surface area contributed by atoms with Crippen LogP contribution in [0, 0.1) is 5.92 Å². The van der Waals surface area contributed by atoms with Crippen molar-refractivity contribution in [2.75, 3.05) is 11.9 Å². The molecule has 0 spiro atoms. The topological polar surface area (TPSA) is 12.0 Å². The molecule has 0 saturated heterocycles. The molecule has 1 aliphatic heterocycles. The summed E-state index contributed by atoms with van der Waals surface area (Å²) in [5.41, 5.74) is 4.38. The number of rotatable bonds is 3. The van der Waals surface area contributed by atoms with Crippen LogP contribution in [0.3, 0.4) is 0 Å². The lowest BCUT2D eigenvalue weighted by Gasteiger charge is -2.23. The van der Waals surface area contributed by atoms with E-state index in [1.54, 1.807) is 0 Å². The van der Waals surface area contributed by atoms with Crippen molar-refractivity contribution in [2.45, 2.75) is 39.5 Å². The molecule has 0 aliphatic carbocycles. The van der Waals surface area contributed by atoms with Crippen LogP contribution in [0.4, 0.5) is 5.69 Å². The predicted molar refractivity (Wildman–Crippen MR) is 66.4 cm³/mol. The molecule has 0 aromatic heterocycles. The van der Waals surface area contributed by atoms with E-state index in [-0.39, 0.29) is 0 Å². The van der Waals surface area contributed by atoms with E-state index >= 15 is 0 Å². The third kappa shape index (κ3) is 2.53. The van der Waals surface area contributed by atoms with E-state index in [4.69, 9.17) is 0 Å². The highest BCUT2D eigenvalue weighted by Crippen LogP contribution is 2.26. The van der Waals surface area contributed by atoms with Crippen LogP contribution in [0.5, 0.6) is 0 Å². The summed E-state index contributed by atoms with van der Waals surface area (Å²) in [6, 6.07) is 6.93. The Labute approximate surface area is 92.9 Å². The van der Waals surface area contributed by atoms with Gasteiger partial charge in [0, 0.05) is 12.2 Å². The quantitative estimate of drug-likeness (QED) is 0.791. The van der Waals surface area contributed by atoms with Crippen molar-refractivity contribution in [1.82, 2.24) is 0 Å². The van der Waals surface area contributed by atoms with Crippen LogP contribution in [-0.4, -0.2) is 6.54 Å². The zero-order valence-electron chi connectivity index (χ0n) is 9.84. The second-order valence-electron chi connectivity index (χ2n) is 4.79. The molecule has 0 bridgehead atoms. The van der Waals surface area contributed by atoms with Gasteiger partial charge in [0.25, 0.3) is 0 Å². The lowest BCUT2D eigenvalue weighted by atomic mass is 9.93. The number of hydrogen-bond acceptors (Lipinski definition) is 1. The van der Waals surface area contributed by atoms with E-state index in [1.165, 1.54) is 42.5 Å². The molecular weight excluding hydrogens is 182 g/mol. The first kappa shape index (κ1) is 10.5. The Balaban J connectivity index is 2.13. The molecule has 15 heavy (non-hydrogen) atoms. The van der Waals surface area contributed by atoms with Crippen LogP contribution in [0.15, 0.2) is 18.2 Å². The fourth-order valence-corrected chi connectivity index (χ4v) is 2.26. The third-order valence-corrected chi connectivity index (χ3v) is 3.20. The minimum absolute atomic E-state index is 0.777. The largest absolute Gasteiger partial charge is 0.385 e. The van der Waals surface area contributed by atoms with Gasteiger partial charge in [0.05, 0.1) is 0 Å². The van der Waals surface area contributed by atoms with E-state index in [0.29, 0.717) is 0 Å². The molecule has 1 aromatic rings. The molecule has 1 aliphatic rings. The van der Waals surface area contributed by atoms with Crippen LogP contribution in [0.2, 0.25) is 0 Å². The van der Waals surface area contributed by atoms with Gasteiger partial charge in [-0.25, -0.2) is 0 Å². The first-order valence-corrected chi connectivity index (χ1v) is 6.15. The van der Waals surface area contributed by atoms with Crippen molar-refractivity contribution in [3.05, 3.63) is 29.3 Å². The van der Waals surface area contributed by atoms with Gasteiger partial charge in [0.15, 0.2) is 0 Å². The van der Waals surface area contributed by atoms with Gasteiger partial charge in [-0.3, -0.25) is 0 Å². The number of anilines is 1. The molecule has 1 atom stereocenters. The van der Waals surface area contributed by atoms with Crippen LogP contribution < -0.4 is 5.32 Å². The molecule has 82 valence electrons. The number of nitrogens with one attached hydrogen (secondary N) is 1. The van der Waals surface area contributed by atoms with Crippen LogP contribution >= 0.6 is 0 Å². The predicted octanol–water partition coefficient (Wildman–Crippen LogP) is 3.63. The molecular formula is C14H21N. The molecule has 0 saturated carbocycles. The van der Waals surface area contributed by atoms with Crippen LogP contribution in [-0.2, 0) is 12.8 Å². The summed E-state index contributed by atoms with van der Waals surface area (Å²) < 4.78 is 0. The number of aryl methyl sites for hydroxylation is 1. The Morgan fingerprint density at radius 2 is 2.27 bits per heavy atom. The van der Waals surface area contributed by atoms with Crippen molar-refractivity contribution in [2.24, 2.45) is 5.92 Å². The van der Waals surface area contributed by atoms with E-state index in [9.17, 15) is 0 Å². The molecule has 0 fully saturated rings. The molecule has 0 radical (unpaired) electrons. The Bertz CT molecular complexity index is 330. The fraction of sp³-hybridized carbons (Fsp3) is 0.571. The molecule has 1 nitrogen and oxygen atoms in total. The molecule has 1 heterocycles. The minimum atomic E-state index is 0.777. The third-order valence-electron chi connectivity index (χ3n) is 3.20. The van der Waals surface area contributed by atoms with Gasteiger partial charge in [-0.15, -0.1) is 0 Å². The van der Waals surface area contributed by atoms with Crippen molar-refractivity contribution in [3.8, 4) is 0 Å². The highest BCUT2D eigenvalue weighted by molar-refractivity contribution is 5.54. The van der Waals surface area contributed by atoms with E-state index < -0.39 is 0 Å². The van der Waals surface area contributed by atoms with Gasteiger partial charge in [0.2, 0.25) is 0 Å². The molecule has 1 unspecified atom stereocenters. The van der Waals surface area contributed by atoms with Gasteiger partial charge >= 0.3 is 0 Å². The SMILES string of the molecule is CCCCc1ccc2c(c1)CC(C)CN2. The number of benzene rings is 1. The van der Waals surface area contributed by atoms with Gasteiger partial charge < -0.3 is 5.32 Å². The molecule has 1 N–H and O–H groups in total. The summed E-state index contributed by atoms with van der Waals surface area (Å²) in [4.78, 5) is 0. The normalized spacial score (nSPS) is 19.5. The second-order valence-corrected chi connectivity index (χ2v) is 4.79. The smallest absolute Gasteiger partial charge is 0.0373 e. The fourth-order valence-electron chi connectivity index (χ4n) is 2.26. The first-order valence-electron chi connectivity index (χ1n) is 6.15. The highest BCUT2D eigenvalue weighted by Gasteiger charge is 2.14. The Morgan fingerprint density at radius 3 is 3.07 bits per heavy atom. The van der Waals surface area contributed by atoms with E-state index in [2.05, 4.69) is 37.4 Å². The maximum Gasteiger partial charge on any atom is 0.0373 e. The zero-order valence-corrected chi connectivity index (χ0v) is 9.84. The number of hydrogen-bond donors (Lipinski definition) is 1. The maximum atomic E-state index is 3.50. The molecule has 1 aromatic carbocycles. The standard InChI is InChI=1S/C14H21N/c1-3-4-5-12-6-7-14-13(9-12)8-11(2)10-15-14/h6-7,9,11,15H,3-5,8,10H2,1-2H3. The minimum Gasteiger partial charge on any atom is -0.385 e. The van der Waals surface area contributed by atoms with Crippen LogP contribution in [0.25, 0.3) is 0 Å². The van der Waals surface area contributed by atoms with Gasteiger partial charge in [-0.2, -0.15) is 0 Å². The van der Waals surface area contributed by atoms with Gasteiger partial charge in [-0.1, -0.05) is 32.4 Å². The van der Waals surface area contributed by atoms with Crippen molar-refractivity contribution >= 4 is 5.69 Å². The summed E-state index contributed by atoms with van der Waals surface area (Å²) in [6.45, 7) is 5.69. The number of unbranched alkanes of at least 4 members (excludes halogenated alkanes) is 1. The average molecular weight is 203 g/mol. The summed E-state index contributed by atoms with van der Waals surface area (Å²) in [5.74, 6) is 0.777. The zero-order chi connectivity index (χ0) is 10.7. The second kappa shape index (κ2) is 4.69. The monoisotopic (exact) mass is 203 g/mol. The summed E-state index contributed by atoms with van der Waals surface area (Å²) in [5, 5.41) is 3.50. The Kier molecular flexibility index (Phi) is 3.30. The van der Waals surface area contributed by atoms with Crippen molar-refractivity contribution in [3.63, 3.8) is 0 Å². The average Bonchev–Trinajstić information content (AvgIpc) is 2.25. The van der Waals surface area contributed by atoms with Crippen molar-refractivity contribution in [1.29, 1.82) is 0 Å². The lowest BCUT2D eigenvalue weighted by Crippen LogP contribution is -2.20. The first-order chi connectivity index (χ1) is 7.29. The maximum absolute atomic E-state index is 3.50. The van der Waals surface area contributed by atoms with E-state index in [1.807, 2.05) is 0 Å². The Morgan fingerprint density at radius 1 is 1.40 bits per heavy atom. The summed E-state index contributed by atoms with van der Waals surface area (Å²) in [7, 11) is 0. The highest BCUT2D eigenvalue weighted by atomic mass is 14.9. The number of fused-ring (bicyclic) bond motifs is 1. The van der Waals surface area contributed by atoms with Crippen LogP contribution in [0.1, 0.15) is 37.8 Å². The van der Waals surface area contributed by atoms with Gasteiger partial charge in [0.1, 0.15) is 0 Å². The summed E-state index contributed by atoms with van der Waals surface area (Å²) in [6.07, 6.45) is 5.06. The van der Waals surface area contributed by atoms with E-state index in [0.717, 1.165) is 12.5 Å². The van der Waals surface area contributed by atoms with Gasteiger partial charge in [-0.05, 0) is 42.4 Å². The van der Waals surface area contributed by atoms with Crippen molar-refractivity contribution < 1.29 is 0 Å². The molecule has 2 rings (SSSR count). The summed E-state index contributed by atoms with van der Waals surface area (Å²) >= 11 is 0. The molecule has 1 heteroatoms. The lowest BCUT2D eigenvalue weighted by molar-refractivity contribution is 0.594. The molecule has 0 amide bonds.